The van der Waals surface area contributed by atoms with Gasteiger partial charge in [0.1, 0.15) is 0 Å². The van der Waals surface area contributed by atoms with E-state index in [-0.39, 0.29) is 0 Å². The van der Waals surface area contributed by atoms with E-state index in [4.69, 9.17) is 5.11 Å². The van der Waals surface area contributed by atoms with Crippen molar-refractivity contribution in [2.45, 2.75) is 130 Å². The summed E-state index contributed by atoms with van der Waals surface area (Å²) in [7, 11) is 0. The van der Waals surface area contributed by atoms with Crippen LogP contribution in [0.25, 0.3) is 0 Å². The lowest BCUT2D eigenvalue weighted by Crippen LogP contribution is -2.50. The van der Waals surface area contributed by atoms with E-state index >= 15 is 0 Å². The van der Waals surface area contributed by atoms with Gasteiger partial charge in [0.15, 0.2) is 0 Å². The zero-order chi connectivity index (χ0) is 25.3. The van der Waals surface area contributed by atoms with Crippen LogP contribution in [-0.4, -0.2) is 41.7 Å². The van der Waals surface area contributed by atoms with Crippen molar-refractivity contribution in [1.82, 2.24) is 0 Å². The number of quaternary nitrogens is 1. The van der Waals surface area contributed by atoms with Gasteiger partial charge in [0.05, 0.1) is 31.7 Å². The van der Waals surface area contributed by atoms with Crippen molar-refractivity contribution in [3.8, 4) is 0 Å². The van der Waals surface area contributed by atoms with Crippen molar-refractivity contribution >= 4 is 5.97 Å². The third kappa shape index (κ3) is 18.0. The summed E-state index contributed by atoms with van der Waals surface area (Å²) in [4.78, 5) is 10.2. The fourth-order valence-corrected chi connectivity index (χ4v) is 4.75. The quantitative estimate of drug-likeness (QED) is 0.142. The van der Waals surface area contributed by atoms with Crippen LogP contribution in [0.1, 0.15) is 141 Å². The van der Waals surface area contributed by atoms with Crippen molar-refractivity contribution in [3.63, 3.8) is 0 Å². The first-order valence-electron chi connectivity index (χ1n) is 14.7. The summed E-state index contributed by atoms with van der Waals surface area (Å²) in [5.41, 5.74) is 0.331. The van der Waals surface area contributed by atoms with E-state index in [9.17, 15) is 4.79 Å². The monoisotopic (exact) mass is 476 g/mol. The highest BCUT2D eigenvalue weighted by Crippen LogP contribution is 2.19. The first-order valence-corrected chi connectivity index (χ1v) is 14.7. The molecule has 0 aliphatic heterocycles. The van der Waals surface area contributed by atoms with E-state index in [0.717, 1.165) is 0 Å². The molecule has 1 aromatic carbocycles. The molecule has 0 aliphatic carbocycles. The highest BCUT2D eigenvalue weighted by molar-refractivity contribution is 5.87. The standard InChI is InChI=1S/C24H52N.C7H6O2/c1-5-9-13-17-21-25(22-18-14-10-6-2,23-19-15-11-7-3)24-20-16-12-8-4;8-7(9)6-4-2-1-3-5-6/h5-24H2,1-4H3;1-5H,(H,8,9)/q+1;. The average molecular weight is 477 g/mol. The number of carboxylic acid groups (broad SMARTS) is 1. The molecule has 0 heterocycles. The average Bonchev–Trinajstić information content (AvgIpc) is 2.86. The Morgan fingerprint density at radius 1 is 0.559 bits per heavy atom. The molecule has 0 radical (unpaired) electrons. The van der Waals surface area contributed by atoms with Crippen LogP contribution in [0.3, 0.4) is 0 Å². The summed E-state index contributed by atoms with van der Waals surface area (Å²) < 4.78 is 1.46. The Morgan fingerprint density at radius 3 is 1.12 bits per heavy atom. The fourth-order valence-electron chi connectivity index (χ4n) is 4.75. The topological polar surface area (TPSA) is 37.3 Å². The van der Waals surface area contributed by atoms with Crippen LogP contribution in [-0.2, 0) is 0 Å². The molecular weight excluding hydrogens is 418 g/mol. The molecule has 0 unspecified atom stereocenters. The molecule has 0 atom stereocenters. The molecule has 3 heteroatoms. The van der Waals surface area contributed by atoms with Crippen LogP contribution in [0.4, 0.5) is 0 Å². The Kier molecular flexibility index (Phi) is 22.5. The first-order chi connectivity index (χ1) is 16.5. The number of hydrogen-bond acceptors (Lipinski definition) is 1. The number of hydrogen-bond donors (Lipinski definition) is 1. The molecular formula is C31H58NO2+. The van der Waals surface area contributed by atoms with Crippen molar-refractivity contribution in [1.29, 1.82) is 0 Å². The van der Waals surface area contributed by atoms with Crippen molar-refractivity contribution in [3.05, 3.63) is 35.9 Å². The lowest BCUT2D eigenvalue weighted by Gasteiger charge is -2.39. The third-order valence-corrected chi connectivity index (χ3v) is 6.96. The predicted octanol–water partition coefficient (Wildman–Crippen LogP) is 9.51. The van der Waals surface area contributed by atoms with Crippen LogP contribution in [0.2, 0.25) is 0 Å². The van der Waals surface area contributed by atoms with Gasteiger partial charge in [0, 0.05) is 0 Å². The fraction of sp³-hybridized carbons (Fsp3) is 0.774. The van der Waals surface area contributed by atoms with Crippen LogP contribution in [0, 0.1) is 0 Å². The molecule has 0 saturated carbocycles. The van der Waals surface area contributed by atoms with Gasteiger partial charge in [0.2, 0.25) is 0 Å². The second-order valence-corrected chi connectivity index (χ2v) is 10.1. The van der Waals surface area contributed by atoms with E-state index < -0.39 is 5.97 Å². The minimum absolute atomic E-state index is 0.331. The molecule has 0 saturated heterocycles. The van der Waals surface area contributed by atoms with Gasteiger partial charge in [-0.1, -0.05) is 97.3 Å². The SMILES string of the molecule is CCCCCC[N+](CCCCCC)(CCCCCC)CCCCCC.O=C(O)c1ccccc1. The van der Waals surface area contributed by atoms with Crippen LogP contribution in [0.5, 0.6) is 0 Å². The minimum atomic E-state index is -0.879. The molecule has 198 valence electrons. The zero-order valence-corrected chi connectivity index (χ0v) is 23.3. The van der Waals surface area contributed by atoms with Gasteiger partial charge in [-0.25, -0.2) is 4.79 Å². The summed E-state index contributed by atoms with van der Waals surface area (Å²) in [6.45, 7) is 15.2. The second kappa shape index (κ2) is 23.4. The van der Waals surface area contributed by atoms with E-state index in [2.05, 4.69) is 27.7 Å². The molecule has 3 nitrogen and oxygen atoms in total. The molecule has 1 rings (SSSR count). The molecule has 0 aliphatic rings. The summed E-state index contributed by atoms with van der Waals surface area (Å²) in [6, 6.07) is 8.30. The molecule has 0 aromatic heterocycles. The van der Waals surface area contributed by atoms with Crippen LogP contribution in [0.15, 0.2) is 30.3 Å². The van der Waals surface area contributed by atoms with E-state index in [0.29, 0.717) is 5.56 Å². The minimum Gasteiger partial charge on any atom is -0.478 e. The van der Waals surface area contributed by atoms with Gasteiger partial charge < -0.3 is 9.59 Å². The molecule has 1 aromatic rings. The number of carboxylic acids is 1. The number of carbonyl (C=O) groups is 1. The number of benzene rings is 1. The smallest absolute Gasteiger partial charge is 0.335 e. The second-order valence-electron chi connectivity index (χ2n) is 10.1. The lowest BCUT2D eigenvalue weighted by molar-refractivity contribution is -0.929. The molecule has 0 spiro atoms. The number of aromatic carboxylic acids is 1. The van der Waals surface area contributed by atoms with Gasteiger partial charge in [-0.2, -0.15) is 0 Å². The van der Waals surface area contributed by atoms with Gasteiger partial charge in [-0.3, -0.25) is 0 Å². The summed E-state index contributed by atoms with van der Waals surface area (Å²) in [5.74, 6) is -0.879. The molecule has 0 amide bonds. The van der Waals surface area contributed by atoms with Crippen LogP contribution < -0.4 is 0 Å². The Bertz CT molecular complexity index is 504. The van der Waals surface area contributed by atoms with Crippen molar-refractivity contribution in [2.75, 3.05) is 26.2 Å². The Morgan fingerprint density at radius 2 is 0.882 bits per heavy atom. The van der Waals surface area contributed by atoms with Gasteiger partial charge in [0.25, 0.3) is 0 Å². The van der Waals surface area contributed by atoms with Gasteiger partial charge >= 0.3 is 5.97 Å². The van der Waals surface area contributed by atoms with E-state index in [1.807, 2.05) is 0 Å². The first kappa shape index (κ1) is 32.7. The third-order valence-electron chi connectivity index (χ3n) is 6.96. The molecule has 0 bridgehead atoms. The highest BCUT2D eigenvalue weighted by atomic mass is 16.4. The summed E-state index contributed by atoms with van der Waals surface area (Å²) in [5, 5.41) is 8.38. The van der Waals surface area contributed by atoms with Gasteiger partial charge in [-0.05, 0) is 63.5 Å². The molecule has 34 heavy (non-hydrogen) atoms. The maximum Gasteiger partial charge on any atom is 0.335 e. The van der Waals surface area contributed by atoms with E-state index in [1.165, 1.54) is 133 Å². The Hall–Kier alpha value is -1.35. The Balaban J connectivity index is 0.000000999. The predicted molar refractivity (Wildman–Crippen MR) is 150 cm³/mol. The summed E-state index contributed by atoms with van der Waals surface area (Å²) >= 11 is 0. The number of rotatable bonds is 21. The molecule has 0 fully saturated rings. The largest absolute Gasteiger partial charge is 0.478 e. The molecule has 1 N–H and O–H groups in total. The van der Waals surface area contributed by atoms with E-state index in [1.54, 1.807) is 30.3 Å². The van der Waals surface area contributed by atoms with Crippen molar-refractivity contribution in [2.24, 2.45) is 0 Å². The van der Waals surface area contributed by atoms with Crippen molar-refractivity contribution < 1.29 is 14.4 Å². The number of unbranched alkanes of at least 4 members (excludes halogenated alkanes) is 12. The highest BCUT2D eigenvalue weighted by Gasteiger charge is 2.25. The maximum atomic E-state index is 10.2. The maximum absolute atomic E-state index is 10.2. The zero-order valence-electron chi connectivity index (χ0n) is 23.3. The van der Waals surface area contributed by atoms with Crippen LogP contribution >= 0.6 is 0 Å². The Labute approximate surface area is 212 Å². The summed E-state index contributed by atoms with van der Waals surface area (Å²) in [6.07, 6.45) is 22.8. The van der Waals surface area contributed by atoms with Gasteiger partial charge in [-0.15, -0.1) is 0 Å². The normalized spacial score (nSPS) is 11.2. The number of nitrogens with zero attached hydrogens (tertiary/aromatic N) is 1. The lowest BCUT2D eigenvalue weighted by atomic mass is 10.1.